The van der Waals surface area contributed by atoms with Gasteiger partial charge in [-0.3, -0.25) is 0 Å². The molecule has 1 spiro atoms. The van der Waals surface area contributed by atoms with Crippen molar-refractivity contribution in [2.45, 2.75) is 52.6 Å². The second kappa shape index (κ2) is 4.73. The van der Waals surface area contributed by atoms with E-state index in [1.165, 1.54) is 6.42 Å². The summed E-state index contributed by atoms with van der Waals surface area (Å²) in [4.78, 5) is 12.4. The van der Waals surface area contributed by atoms with E-state index in [-0.39, 0.29) is 17.1 Å². The zero-order valence-corrected chi connectivity index (χ0v) is 13.4. The molecule has 0 radical (unpaired) electrons. The number of benzene rings is 1. The van der Waals surface area contributed by atoms with Crippen molar-refractivity contribution in [3.8, 4) is 0 Å². The van der Waals surface area contributed by atoms with Gasteiger partial charge in [-0.05, 0) is 55.2 Å². The second-order valence-corrected chi connectivity index (χ2v) is 7.65. The zero-order valence-electron chi connectivity index (χ0n) is 13.4. The molecule has 3 rings (SSSR count). The molecule has 1 aliphatic heterocycles. The first-order valence-corrected chi connectivity index (χ1v) is 7.75. The fraction of sp³-hybridized carbons (Fsp3) is 0.588. The monoisotopic (exact) mass is 287 g/mol. The highest BCUT2D eigenvalue weighted by Crippen LogP contribution is 2.44. The van der Waals surface area contributed by atoms with Crippen molar-refractivity contribution in [1.29, 1.82) is 0 Å². The normalized spacial score (nSPS) is 31.5. The molecule has 1 aromatic carbocycles. The van der Waals surface area contributed by atoms with Crippen molar-refractivity contribution in [2.24, 2.45) is 11.3 Å². The highest BCUT2D eigenvalue weighted by atomic mass is 16.2. The Labute approximate surface area is 126 Å². The molecular formula is C17H25N3O. The highest BCUT2D eigenvalue weighted by Gasteiger charge is 2.49. The molecule has 4 heteroatoms. The lowest BCUT2D eigenvalue weighted by molar-refractivity contribution is 0.0812. The minimum atomic E-state index is -0.304. The number of anilines is 1. The van der Waals surface area contributed by atoms with Crippen LogP contribution in [0.1, 0.15) is 45.6 Å². The number of carbonyl (C=O) groups excluding carboxylic acids is 1. The lowest BCUT2D eigenvalue weighted by atomic mass is 9.68. The van der Waals surface area contributed by atoms with Gasteiger partial charge in [-0.15, -0.1) is 0 Å². The van der Waals surface area contributed by atoms with Crippen LogP contribution in [0.2, 0.25) is 0 Å². The summed E-state index contributed by atoms with van der Waals surface area (Å²) in [7, 11) is 0. The first-order chi connectivity index (χ1) is 9.79. The van der Waals surface area contributed by atoms with Crippen molar-refractivity contribution in [1.82, 2.24) is 10.7 Å². The van der Waals surface area contributed by atoms with E-state index in [2.05, 4.69) is 31.5 Å². The van der Waals surface area contributed by atoms with Crippen LogP contribution in [0.15, 0.2) is 24.3 Å². The van der Waals surface area contributed by atoms with E-state index in [0.29, 0.717) is 5.92 Å². The molecule has 2 aliphatic rings. The van der Waals surface area contributed by atoms with Gasteiger partial charge in [0.1, 0.15) is 5.66 Å². The maximum atomic E-state index is 12.4. The van der Waals surface area contributed by atoms with Crippen molar-refractivity contribution in [3.63, 3.8) is 0 Å². The van der Waals surface area contributed by atoms with Crippen LogP contribution in [0.5, 0.6) is 0 Å². The minimum Gasteiger partial charge on any atom is -0.317 e. The average Bonchev–Trinajstić information content (AvgIpc) is 2.62. The fourth-order valence-electron chi connectivity index (χ4n) is 4.25. The van der Waals surface area contributed by atoms with Crippen LogP contribution in [-0.4, -0.2) is 11.7 Å². The van der Waals surface area contributed by atoms with Crippen molar-refractivity contribution in [2.75, 3.05) is 5.01 Å². The van der Waals surface area contributed by atoms with E-state index in [1.54, 1.807) is 5.01 Å². The van der Waals surface area contributed by atoms with Gasteiger partial charge in [0.05, 0.1) is 5.69 Å². The van der Waals surface area contributed by atoms with Crippen LogP contribution < -0.4 is 15.8 Å². The number of hydrogen-bond acceptors (Lipinski definition) is 2. The lowest BCUT2D eigenvalue weighted by Crippen LogP contribution is -2.57. The lowest BCUT2D eigenvalue weighted by Gasteiger charge is -2.45. The Morgan fingerprint density at radius 3 is 2.71 bits per heavy atom. The van der Waals surface area contributed by atoms with Gasteiger partial charge >= 0.3 is 6.03 Å². The number of amides is 2. The first kappa shape index (κ1) is 14.4. The first-order valence-electron chi connectivity index (χ1n) is 7.75. The number of aryl methyl sites for hydroxylation is 1. The summed E-state index contributed by atoms with van der Waals surface area (Å²) in [6.45, 7) is 8.88. The third-order valence-electron chi connectivity index (χ3n) is 4.51. The van der Waals surface area contributed by atoms with E-state index in [4.69, 9.17) is 0 Å². The van der Waals surface area contributed by atoms with E-state index >= 15 is 0 Å². The molecule has 0 aromatic heterocycles. The molecule has 2 amide bonds. The molecule has 2 fully saturated rings. The number of carbonyl (C=O) groups is 1. The Morgan fingerprint density at radius 1 is 1.29 bits per heavy atom. The summed E-state index contributed by atoms with van der Waals surface area (Å²) >= 11 is 0. The number of hydrogen-bond donors (Lipinski definition) is 2. The van der Waals surface area contributed by atoms with Gasteiger partial charge in [0.2, 0.25) is 0 Å². The van der Waals surface area contributed by atoms with Crippen molar-refractivity contribution >= 4 is 11.7 Å². The molecule has 1 aromatic rings. The molecule has 0 bridgehead atoms. The molecule has 21 heavy (non-hydrogen) atoms. The Hall–Kier alpha value is -1.55. The Bertz CT molecular complexity index is 569. The molecule has 1 aliphatic carbocycles. The molecule has 2 N–H and O–H groups in total. The zero-order chi connectivity index (χ0) is 15.3. The van der Waals surface area contributed by atoms with E-state index < -0.39 is 0 Å². The molecule has 1 saturated carbocycles. The Balaban J connectivity index is 1.87. The molecule has 2 atom stereocenters. The maximum absolute atomic E-state index is 12.4. The van der Waals surface area contributed by atoms with Gasteiger partial charge in [0.15, 0.2) is 0 Å². The minimum absolute atomic E-state index is 0.0505. The quantitative estimate of drug-likeness (QED) is 0.829. The van der Waals surface area contributed by atoms with E-state index in [9.17, 15) is 4.79 Å². The van der Waals surface area contributed by atoms with Crippen LogP contribution in [0, 0.1) is 18.3 Å². The summed E-state index contributed by atoms with van der Waals surface area (Å²) in [5, 5.41) is 4.87. The smallest absolute Gasteiger partial charge is 0.317 e. The van der Waals surface area contributed by atoms with Gasteiger partial charge in [-0.25, -0.2) is 15.2 Å². The third-order valence-corrected chi connectivity index (χ3v) is 4.51. The maximum Gasteiger partial charge on any atom is 0.338 e. The third kappa shape index (κ3) is 2.77. The molecule has 1 heterocycles. The average molecular weight is 287 g/mol. The van der Waals surface area contributed by atoms with E-state index in [0.717, 1.165) is 24.1 Å². The number of hydrazine groups is 1. The van der Waals surface area contributed by atoms with Gasteiger partial charge < -0.3 is 5.32 Å². The van der Waals surface area contributed by atoms with Gasteiger partial charge in [0.25, 0.3) is 0 Å². The molecule has 4 nitrogen and oxygen atoms in total. The number of urea groups is 1. The van der Waals surface area contributed by atoms with Crippen molar-refractivity contribution < 1.29 is 4.79 Å². The molecule has 114 valence electrons. The largest absolute Gasteiger partial charge is 0.338 e. The summed E-state index contributed by atoms with van der Waals surface area (Å²) in [5.41, 5.74) is 5.45. The van der Waals surface area contributed by atoms with Gasteiger partial charge in [0, 0.05) is 0 Å². The molecular weight excluding hydrogens is 262 g/mol. The topological polar surface area (TPSA) is 44.4 Å². The number of rotatable bonds is 1. The van der Waals surface area contributed by atoms with Crippen molar-refractivity contribution in [3.05, 3.63) is 29.8 Å². The predicted molar refractivity (Wildman–Crippen MR) is 84.9 cm³/mol. The summed E-state index contributed by atoms with van der Waals surface area (Å²) in [6, 6.07) is 7.97. The SMILES string of the molecule is Cc1cccc(N2N[C@]3(C[C@@H](C)CC(C)(C)C3)NC2=O)c1. The van der Waals surface area contributed by atoms with E-state index in [1.807, 2.05) is 31.2 Å². The molecule has 1 saturated heterocycles. The standard InChI is InChI=1S/C17H25N3O/c1-12-6-5-7-14(8-12)20-15(21)18-17(19-20)10-13(2)9-16(3,4)11-17/h5-8,13,19H,9-11H2,1-4H3,(H,18,21)/t13-,17-/m0/s1. The number of nitrogens with one attached hydrogen (secondary N) is 2. The van der Waals surface area contributed by atoms with Gasteiger partial charge in [-0.1, -0.05) is 32.9 Å². The van der Waals surface area contributed by atoms with Crippen LogP contribution >= 0.6 is 0 Å². The fourth-order valence-corrected chi connectivity index (χ4v) is 4.25. The van der Waals surface area contributed by atoms with Crippen LogP contribution in [0.3, 0.4) is 0 Å². The summed E-state index contributed by atoms with van der Waals surface area (Å²) in [6.07, 6.45) is 3.14. The summed E-state index contributed by atoms with van der Waals surface area (Å²) in [5.74, 6) is 0.596. The van der Waals surface area contributed by atoms with Crippen LogP contribution in [-0.2, 0) is 0 Å². The Morgan fingerprint density at radius 2 is 2.05 bits per heavy atom. The highest BCUT2D eigenvalue weighted by molar-refractivity contribution is 5.93. The summed E-state index contributed by atoms with van der Waals surface area (Å²) < 4.78 is 0. The molecule has 0 unspecified atom stereocenters. The van der Waals surface area contributed by atoms with Gasteiger partial charge in [-0.2, -0.15) is 0 Å². The predicted octanol–water partition coefficient (Wildman–Crippen LogP) is 3.57. The number of nitrogens with zero attached hydrogens (tertiary/aromatic N) is 1. The Kier molecular flexibility index (Phi) is 3.24. The van der Waals surface area contributed by atoms with Crippen LogP contribution in [0.25, 0.3) is 0 Å². The van der Waals surface area contributed by atoms with Crippen LogP contribution in [0.4, 0.5) is 10.5 Å². The second-order valence-electron chi connectivity index (χ2n) is 7.65.